The SMILES string of the molecule is COc1cc(C2C(C(=O)C3CC3)=C(O)C(=O)N2Cc2cccs2)cc(OC)c1OC. The molecule has 2 aliphatic rings. The van der Waals surface area contributed by atoms with E-state index in [1.165, 1.54) is 37.6 Å². The molecule has 7 nitrogen and oxygen atoms in total. The van der Waals surface area contributed by atoms with E-state index in [0.29, 0.717) is 22.8 Å². The summed E-state index contributed by atoms with van der Waals surface area (Å²) < 4.78 is 16.3. The number of carbonyl (C=O) groups is 2. The van der Waals surface area contributed by atoms with Crippen molar-refractivity contribution in [3.05, 3.63) is 51.4 Å². The molecule has 0 spiro atoms. The molecular weight excluding hydrogens is 406 g/mol. The molecule has 0 radical (unpaired) electrons. The number of hydrogen-bond acceptors (Lipinski definition) is 7. The van der Waals surface area contributed by atoms with Gasteiger partial charge in [-0.2, -0.15) is 0 Å². The molecule has 1 amide bonds. The molecule has 8 heteroatoms. The van der Waals surface area contributed by atoms with E-state index in [9.17, 15) is 14.7 Å². The molecular formula is C22H23NO6S. The number of Topliss-reactive ketones (excluding diaryl/α,β-unsaturated/α-hetero) is 1. The number of aliphatic hydroxyl groups is 1. The van der Waals surface area contributed by atoms with Gasteiger partial charge in [0.05, 0.1) is 39.5 Å². The van der Waals surface area contributed by atoms with Gasteiger partial charge in [0.25, 0.3) is 5.91 Å². The quantitative estimate of drug-likeness (QED) is 0.690. The van der Waals surface area contributed by atoms with E-state index in [-0.39, 0.29) is 23.8 Å². The molecule has 1 aromatic heterocycles. The summed E-state index contributed by atoms with van der Waals surface area (Å²) in [4.78, 5) is 28.5. The van der Waals surface area contributed by atoms with Crippen LogP contribution >= 0.6 is 11.3 Å². The van der Waals surface area contributed by atoms with Crippen molar-refractivity contribution in [1.82, 2.24) is 4.90 Å². The van der Waals surface area contributed by atoms with E-state index in [2.05, 4.69) is 0 Å². The highest BCUT2D eigenvalue weighted by Gasteiger charge is 2.47. The van der Waals surface area contributed by atoms with Crippen molar-refractivity contribution in [3.8, 4) is 17.2 Å². The van der Waals surface area contributed by atoms with Gasteiger partial charge in [-0.05, 0) is 42.0 Å². The van der Waals surface area contributed by atoms with Crippen molar-refractivity contribution < 1.29 is 28.9 Å². The van der Waals surface area contributed by atoms with Gasteiger partial charge in [0.1, 0.15) is 0 Å². The molecule has 158 valence electrons. The first-order valence-corrected chi connectivity index (χ1v) is 10.5. The second kappa shape index (κ2) is 8.02. The Balaban J connectivity index is 1.85. The van der Waals surface area contributed by atoms with Crippen LogP contribution < -0.4 is 14.2 Å². The zero-order valence-corrected chi connectivity index (χ0v) is 17.8. The zero-order chi connectivity index (χ0) is 21.4. The Bertz CT molecular complexity index is 984. The monoisotopic (exact) mass is 429 g/mol. The molecule has 1 saturated carbocycles. The normalized spacial score (nSPS) is 18.7. The minimum atomic E-state index is -0.735. The van der Waals surface area contributed by atoms with Crippen molar-refractivity contribution >= 4 is 23.0 Å². The van der Waals surface area contributed by atoms with Crippen molar-refractivity contribution in [2.75, 3.05) is 21.3 Å². The van der Waals surface area contributed by atoms with Crippen LogP contribution in [-0.2, 0) is 16.1 Å². The van der Waals surface area contributed by atoms with Crippen molar-refractivity contribution in [3.63, 3.8) is 0 Å². The van der Waals surface area contributed by atoms with E-state index in [0.717, 1.165) is 17.7 Å². The summed E-state index contributed by atoms with van der Waals surface area (Å²) in [7, 11) is 4.53. The number of amides is 1. The average molecular weight is 429 g/mol. The van der Waals surface area contributed by atoms with Crippen molar-refractivity contribution in [2.24, 2.45) is 5.92 Å². The number of nitrogens with zero attached hydrogens (tertiary/aromatic N) is 1. The lowest BCUT2D eigenvalue weighted by molar-refractivity contribution is -0.130. The Hall–Kier alpha value is -3.00. The number of aliphatic hydroxyl groups excluding tert-OH is 1. The number of rotatable bonds is 8. The van der Waals surface area contributed by atoms with Crippen LogP contribution in [0.3, 0.4) is 0 Å². The van der Waals surface area contributed by atoms with E-state index < -0.39 is 17.7 Å². The number of carbonyl (C=O) groups excluding carboxylic acids is 2. The topological polar surface area (TPSA) is 85.3 Å². The standard InChI is InChI=1S/C22H23NO6S/c1-27-15-9-13(10-16(28-2)21(15)29-3)18-17(19(24)12-6-7-12)20(25)22(26)23(18)11-14-5-4-8-30-14/h4-5,8-10,12,18,25H,6-7,11H2,1-3H3. The third-order valence-corrected chi connectivity index (χ3v) is 6.29. The number of ketones is 1. The first-order valence-electron chi connectivity index (χ1n) is 9.60. The summed E-state index contributed by atoms with van der Waals surface area (Å²) in [6.45, 7) is 0.281. The van der Waals surface area contributed by atoms with Gasteiger partial charge in [0, 0.05) is 10.8 Å². The fourth-order valence-corrected chi connectivity index (χ4v) is 4.51. The summed E-state index contributed by atoms with van der Waals surface area (Å²) in [5.41, 5.74) is 0.760. The molecule has 1 N–H and O–H groups in total. The third kappa shape index (κ3) is 3.41. The summed E-state index contributed by atoms with van der Waals surface area (Å²) in [5, 5.41) is 12.6. The third-order valence-electron chi connectivity index (χ3n) is 5.43. The van der Waals surface area contributed by atoms with E-state index in [1.807, 2.05) is 17.5 Å². The number of ether oxygens (including phenoxy) is 3. The minimum absolute atomic E-state index is 0.138. The van der Waals surface area contributed by atoms with Crippen molar-refractivity contribution in [1.29, 1.82) is 0 Å². The van der Waals surface area contributed by atoms with Gasteiger partial charge in [-0.25, -0.2) is 0 Å². The maximum absolute atomic E-state index is 13.0. The lowest BCUT2D eigenvalue weighted by atomic mass is 9.93. The second-order valence-electron chi connectivity index (χ2n) is 7.27. The smallest absolute Gasteiger partial charge is 0.290 e. The Morgan fingerprint density at radius 1 is 1.17 bits per heavy atom. The van der Waals surface area contributed by atoms with E-state index in [4.69, 9.17) is 14.2 Å². The molecule has 1 unspecified atom stereocenters. The predicted molar refractivity (Wildman–Crippen MR) is 111 cm³/mol. The molecule has 30 heavy (non-hydrogen) atoms. The molecule has 2 heterocycles. The van der Waals surface area contributed by atoms with Gasteiger partial charge in [0.15, 0.2) is 23.0 Å². The lowest BCUT2D eigenvalue weighted by Gasteiger charge is -2.27. The molecule has 1 fully saturated rings. The first kappa shape index (κ1) is 20.3. The molecule has 0 bridgehead atoms. The Morgan fingerprint density at radius 2 is 1.83 bits per heavy atom. The van der Waals surface area contributed by atoms with Gasteiger partial charge in [0.2, 0.25) is 5.75 Å². The highest BCUT2D eigenvalue weighted by molar-refractivity contribution is 7.09. The van der Waals surface area contributed by atoms with Crippen LogP contribution in [0, 0.1) is 5.92 Å². The zero-order valence-electron chi connectivity index (χ0n) is 17.0. The Morgan fingerprint density at radius 3 is 2.33 bits per heavy atom. The minimum Gasteiger partial charge on any atom is -0.503 e. The van der Waals surface area contributed by atoms with Crippen LogP contribution in [0.4, 0.5) is 0 Å². The Kier molecular flexibility index (Phi) is 5.42. The van der Waals surface area contributed by atoms with E-state index >= 15 is 0 Å². The lowest BCUT2D eigenvalue weighted by Crippen LogP contribution is -2.30. The van der Waals surface area contributed by atoms with Gasteiger partial charge in [-0.15, -0.1) is 11.3 Å². The van der Waals surface area contributed by atoms with Crippen LogP contribution in [0.15, 0.2) is 41.0 Å². The summed E-state index contributed by atoms with van der Waals surface area (Å²) in [6, 6.07) is 6.53. The highest BCUT2D eigenvalue weighted by atomic mass is 32.1. The molecule has 1 aliphatic heterocycles. The number of thiophene rings is 1. The molecule has 0 saturated heterocycles. The molecule has 1 atom stereocenters. The fraction of sp³-hybridized carbons (Fsp3) is 0.364. The highest BCUT2D eigenvalue weighted by Crippen LogP contribution is 2.47. The molecule has 1 aromatic carbocycles. The van der Waals surface area contributed by atoms with Crippen LogP contribution in [0.2, 0.25) is 0 Å². The van der Waals surface area contributed by atoms with Crippen LogP contribution in [0.1, 0.15) is 29.3 Å². The average Bonchev–Trinajstić information content (AvgIpc) is 3.44. The summed E-state index contributed by atoms with van der Waals surface area (Å²) >= 11 is 1.51. The maximum atomic E-state index is 13.0. The van der Waals surface area contributed by atoms with E-state index in [1.54, 1.807) is 12.1 Å². The van der Waals surface area contributed by atoms with Gasteiger partial charge in [-0.3, -0.25) is 9.59 Å². The second-order valence-corrected chi connectivity index (χ2v) is 8.31. The number of methoxy groups -OCH3 is 3. The van der Waals surface area contributed by atoms with Gasteiger partial charge >= 0.3 is 0 Å². The van der Waals surface area contributed by atoms with Gasteiger partial charge < -0.3 is 24.2 Å². The van der Waals surface area contributed by atoms with Crippen molar-refractivity contribution in [2.45, 2.75) is 25.4 Å². The Labute approximate surface area is 178 Å². The molecule has 4 rings (SSSR count). The maximum Gasteiger partial charge on any atom is 0.290 e. The van der Waals surface area contributed by atoms with Crippen LogP contribution in [0.25, 0.3) is 0 Å². The summed E-state index contributed by atoms with van der Waals surface area (Å²) in [6.07, 6.45) is 1.55. The predicted octanol–water partition coefficient (Wildman–Crippen LogP) is 3.65. The fourth-order valence-electron chi connectivity index (χ4n) is 3.81. The van der Waals surface area contributed by atoms with Crippen LogP contribution in [-0.4, -0.2) is 43.0 Å². The molecule has 1 aliphatic carbocycles. The largest absolute Gasteiger partial charge is 0.503 e. The number of benzene rings is 1. The summed E-state index contributed by atoms with van der Waals surface area (Å²) in [5.74, 6) is -0.0797. The van der Waals surface area contributed by atoms with Crippen LogP contribution in [0.5, 0.6) is 17.2 Å². The number of hydrogen-bond donors (Lipinski definition) is 1. The first-order chi connectivity index (χ1) is 14.5. The molecule has 2 aromatic rings. The van der Waals surface area contributed by atoms with Gasteiger partial charge in [-0.1, -0.05) is 6.07 Å².